The Labute approximate surface area is 117 Å². The number of rotatable bonds is 8. The van der Waals surface area contributed by atoms with Gasteiger partial charge in [0.25, 0.3) is 0 Å². The maximum atomic E-state index is 9.29. The number of anilines is 1. The summed E-state index contributed by atoms with van der Waals surface area (Å²) in [6.45, 7) is 8.38. The molecule has 0 unspecified atom stereocenters. The molecule has 19 heavy (non-hydrogen) atoms. The molecule has 0 saturated carbocycles. The standard InChI is InChI=1S/C16H28N2O/c1-5-15(6-2)18(9-10-19)16-8-7-14(12-17-4)13(3)11-16/h7-8,11,15,17,19H,5-6,9-10,12H2,1-4H3. The predicted octanol–water partition coefficient (Wildman–Crippen LogP) is 2.70. The van der Waals surface area contributed by atoms with Crippen molar-refractivity contribution in [2.75, 3.05) is 25.1 Å². The molecule has 3 heteroatoms. The highest BCUT2D eigenvalue weighted by Gasteiger charge is 2.15. The molecule has 0 bridgehead atoms. The van der Waals surface area contributed by atoms with Crippen molar-refractivity contribution >= 4 is 5.69 Å². The Morgan fingerprint density at radius 3 is 2.42 bits per heavy atom. The van der Waals surface area contributed by atoms with Crippen LogP contribution in [-0.4, -0.2) is 31.3 Å². The maximum Gasteiger partial charge on any atom is 0.0606 e. The number of nitrogens with zero attached hydrogens (tertiary/aromatic N) is 1. The summed E-state index contributed by atoms with van der Waals surface area (Å²) < 4.78 is 0. The summed E-state index contributed by atoms with van der Waals surface area (Å²) in [6.07, 6.45) is 2.21. The number of hydrogen-bond donors (Lipinski definition) is 2. The molecule has 0 radical (unpaired) electrons. The normalized spacial score (nSPS) is 11.1. The van der Waals surface area contributed by atoms with E-state index in [-0.39, 0.29) is 6.61 Å². The monoisotopic (exact) mass is 264 g/mol. The van der Waals surface area contributed by atoms with E-state index in [2.05, 4.69) is 49.2 Å². The molecule has 3 nitrogen and oxygen atoms in total. The van der Waals surface area contributed by atoms with Crippen LogP contribution in [0.3, 0.4) is 0 Å². The summed E-state index contributed by atoms with van der Waals surface area (Å²) >= 11 is 0. The number of aliphatic hydroxyl groups is 1. The van der Waals surface area contributed by atoms with Crippen molar-refractivity contribution in [3.05, 3.63) is 29.3 Å². The fraction of sp³-hybridized carbons (Fsp3) is 0.625. The maximum absolute atomic E-state index is 9.29. The van der Waals surface area contributed by atoms with Gasteiger partial charge in [-0.2, -0.15) is 0 Å². The van der Waals surface area contributed by atoms with Crippen LogP contribution in [0.2, 0.25) is 0 Å². The van der Waals surface area contributed by atoms with Crippen LogP contribution >= 0.6 is 0 Å². The second kappa shape index (κ2) is 8.18. The van der Waals surface area contributed by atoms with Crippen LogP contribution in [0.15, 0.2) is 18.2 Å². The van der Waals surface area contributed by atoms with Gasteiger partial charge in [0.05, 0.1) is 6.61 Å². The summed E-state index contributed by atoms with van der Waals surface area (Å²) in [4.78, 5) is 2.33. The lowest BCUT2D eigenvalue weighted by Crippen LogP contribution is -2.36. The lowest BCUT2D eigenvalue weighted by molar-refractivity contribution is 0.296. The van der Waals surface area contributed by atoms with Gasteiger partial charge in [-0.05, 0) is 50.1 Å². The Kier molecular flexibility index (Phi) is 6.89. The SMILES string of the molecule is CCC(CC)N(CCO)c1ccc(CNC)c(C)c1. The predicted molar refractivity (Wildman–Crippen MR) is 82.7 cm³/mol. The molecule has 0 fully saturated rings. The minimum Gasteiger partial charge on any atom is -0.395 e. The van der Waals surface area contributed by atoms with Crippen LogP contribution < -0.4 is 10.2 Å². The quantitative estimate of drug-likeness (QED) is 0.758. The number of hydrogen-bond acceptors (Lipinski definition) is 3. The first-order chi connectivity index (χ1) is 9.17. The lowest BCUT2D eigenvalue weighted by atomic mass is 10.0. The van der Waals surface area contributed by atoms with Crippen molar-refractivity contribution in [1.82, 2.24) is 5.32 Å². The van der Waals surface area contributed by atoms with E-state index in [0.29, 0.717) is 12.6 Å². The third-order valence-electron chi connectivity index (χ3n) is 3.75. The molecular formula is C16H28N2O. The van der Waals surface area contributed by atoms with Crippen molar-refractivity contribution in [2.45, 2.75) is 46.2 Å². The van der Waals surface area contributed by atoms with E-state index in [9.17, 15) is 5.11 Å². The van der Waals surface area contributed by atoms with E-state index >= 15 is 0 Å². The molecule has 0 spiro atoms. The molecule has 0 amide bonds. The van der Waals surface area contributed by atoms with E-state index < -0.39 is 0 Å². The Bertz CT molecular complexity index is 375. The molecule has 1 rings (SSSR count). The van der Waals surface area contributed by atoms with Gasteiger partial charge in [-0.1, -0.05) is 19.9 Å². The van der Waals surface area contributed by atoms with Gasteiger partial charge in [0, 0.05) is 24.8 Å². The van der Waals surface area contributed by atoms with Crippen LogP contribution in [0, 0.1) is 6.92 Å². The first-order valence-corrected chi connectivity index (χ1v) is 7.29. The van der Waals surface area contributed by atoms with Crippen molar-refractivity contribution in [3.8, 4) is 0 Å². The van der Waals surface area contributed by atoms with Crippen molar-refractivity contribution in [1.29, 1.82) is 0 Å². The molecule has 0 aromatic heterocycles. The average Bonchev–Trinajstić information content (AvgIpc) is 2.41. The van der Waals surface area contributed by atoms with Gasteiger partial charge in [-0.25, -0.2) is 0 Å². The van der Waals surface area contributed by atoms with Crippen LogP contribution in [0.5, 0.6) is 0 Å². The summed E-state index contributed by atoms with van der Waals surface area (Å²) in [7, 11) is 1.97. The molecule has 0 heterocycles. The molecule has 1 aromatic rings. The summed E-state index contributed by atoms with van der Waals surface area (Å²) in [5.41, 5.74) is 3.86. The third-order valence-corrected chi connectivity index (χ3v) is 3.75. The van der Waals surface area contributed by atoms with E-state index in [1.54, 1.807) is 0 Å². The van der Waals surface area contributed by atoms with Gasteiger partial charge in [0.2, 0.25) is 0 Å². The van der Waals surface area contributed by atoms with E-state index in [1.807, 2.05) is 7.05 Å². The number of aryl methyl sites for hydroxylation is 1. The second-order valence-electron chi connectivity index (χ2n) is 5.03. The molecule has 1 aromatic carbocycles. The highest BCUT2D eigenvalue weighted by Crippen LogP contribution is 2.23. The zero-order valence-corrected chi connectivity index (χ0v) is 12.7. The fourth-order valence-corrected chi connectivity index (χ4v) is 2.61. The molecule has 108 valence electrons. The van der Waals surface area contributed by atoms with Crippen LogP contribution in [0.25, 0.3) is 0 Å². The molecular weight excluding hydrogens is 236 g/mol. The highest BCUT2D eigenvalue weighted by molar-refractivity contribution is 5.51. The van der Waals surface area contributed by atoms with Crippen LogP contribution in [0.1, 0.15) is 37.8 Å². The molecule has 0 aliphatic carbocycles. The second-order valence-corrected chi connectivity index (χ2v) is 5.03. The Morgan fingerprint density at radius 2 is 1.95 bits per heavy atom. The van der Waals surface area contributed by atoms with Gasteiger partial charge >= 0.3 is 0 Å². The summed E-state index contributed by atoms with van der Waals surface area (Å²) in [5, 5.41) is 12.5. The van der Waals surface area contributed by atoms with Crippen molar-refractivity contribution in [3.63, 3.8) is 0 Å². The Morgan fingerprint density at radius 1 is 1.26 bits per heavy atom. The molecule has 0 atom stereocenters. The zero-order chi connectivity index (χ0) is 14.3. The smallest absolute Gasteiger partial charge is 0.0606 e. The summed E-state index contributed by atoms with van der Waals surface area (Å²) in [6, 6.07) is 7.10. The third kappa shape index (κ3) is 4.22. The molecule has 2 N–H and O–H groups in total. The lowest BCUT2D eigenvalue weighted by Gasteiger charge is -2.32. The summed E-state index contributed by atoms with van der Waals surface area (Å²) in [5.74, 6) is 0. The minimum absolute atomic E-state index is 0.202. The number of benzene rings is 1. The zero-order valence-electron chi connectivity index (χ0n) is 12.7. The van der Waals surface area contributed by atoms with Gasteiger partial charge < -0.3 is 15.3 Å². The fourth-order valence-electron chi connectivity index (χ4n) is 2.61. The number of nitrogens with one attached hydrogen (secondary N) is 1. The van der Waals surface area contributed by atoms with Crippen LogP contribution in [0.4, 0.5) is 5.69 Å². The van der Waals surface area contributed by atoms with Crippen molar-refractivity contribution < 1.29 is 5.11 Å². The highest BCUT2D eigenvalue weighted by atomic mass is 16.3. The van der Waals surface area contributed by atoms with Crippen LogP contribution in [-0.2, 0) is 6.54 Å². The molecule has 0 saturated heterocycles. The van der Waals surface area contributed by atoms with E-state index in [0.717, 1.165) is 19.4 Å². The first kappa shape index (κ1) is 16.0. The van der Waals surface area contributed by atoms with Crippen molar-refractivity contribution in [2.24, 2.45) is 0 Å². The van der Waals surface area contributed by atoms with Gasteiger partial charge in [-0.15, -0.1) is 0 Å². The van der Waals surface area contributed by atoms with E-state index in [1.165, 1.54) is 16.8 Å². The number of aliphatic hydroxyl groups excluding tert-OH is 1. The van der Waals surface area contributed by atoms with Gasteiger partial charge in [-0.3, -0.25) is 0 Å². The van der Waals surface area contributed by atoms with E-state index in [4.69, 9.17) is 0 Å². The minimum atomic E-state index is 0.202. The Balaban J connectivity index is 2.99. The largest absolute Gasteiger partial charge is 0.395 e. The van der Waals surface area contributed by atoms with Gasteiger partial charge in [0.15, 0.2) is 0 Å². The first-order valence-electron chi connectivity index (χ1n) is 7.29. The molecule has 0 aliphatic rings. The topological polar surface area (TPSA) is 35.5 Å². The van der Waals surface area contributed by atoms with Gasteiger partial charge in [0.1, 0.15) is 0 Å². The molecule has 0 aliphatic heterocycles. The average molecular weight is 264 g/mol. The Hall–Kier alpha value is -1.06.